The lowest BCUT2D eigenvalue weighted by atomic mass is 9.84. The molecule has 3 aliphatic heterocycles. The molecule has 1 aromatic heterocycles. The summed E-state index contributed by atoms with van der Waals surface area (Å²) in [6, 6.07) is 19.1. The quantitative estimate of drug-likeness (QED) is 0.401. The Hall–Kier alpha value is -2.53. The van der Waals surface area contributed by atoms with Crippen LogP contribution in [0, 0.1) is 6.92 Å². The fourth-order valence-electron chi connectivity index (χ4n) is 6.16. The van der Waals surface area contributed by atoms with Crippen molar-refractivity contribution < 1.29 is 0 Å². The molecular weight excluding hydrogens is 469 g/mol. The summed E-state index contributed by atoms with van der Waals surface area (Å²) >= 11 is 6.91. The summed E-state index contributed by atoms with van der Waals surface area (Å²) in [7, 11) is 2.19. The van der Waals surface area contributed by atoms with Gasteiger partial charge in [-0.15, -0.1) is 0 Å². The first kappa shape index (κ1) is 22.9. The molecule has 35 heavy (non-hydrogen) atoms. The number of aryl methyl sites for hydroxylation is 1. The van der Waals surface area contributed by atoms with Crippen LogP contribution in [0.2, 0.25) is 0 Å². The highest BCUT2D eigenvalue weighted by molar-refractivity contribution is 8.19. The molecule has 6 rings (SSSR count). The predicted molar refractivity (Wildman–Crippen MR) is 151 cm³/mol. The van der Waals surface area contributed by atoms with Crippen molar-refractivity contribution in [3.05, 3.63) is 76.9 Å². The van der Waals surface area contributed by atoms with E-state index in [1.165, 1.54) is 46.8 Å². The Labute approximate surface area is 213 Å². The third-order valence-electron chi connectivity index (χ3n) is 7.78. The number of fused-ring (bicyclic) bond motifs is 2. The number of anilines is 1. The molecule has 0 radical (unpaired) electrons. The van der Waals surface area contributed by atoms with Crippen LogP contribution >= 0.6 is 6.19 Å². The molecule has 1 fully saturated rings. The van der Waals surface area contributed by atoms with E-state index in [4.69, 9.17) is 21.9 Å². The fraction of sp³-hybridized carbons (Fsp3) is 0.357. The van der Waals surface area contributed by atoms with Crippen LogP contribution in [0.3, 0.4) is 0 Å². The lowest BCUT2D eigenvalue weighted by Gasteiger charge is -2.42. The van der Waals surface area contributed by atoms with Crippen LogP contribution in [0.1, 0.15) is 44.4 Å². The van der Waals surface area contributed by atoms with Gasteiger partial charge >= 0.3 is 0 Å². The Balaban J connectivity index is 1.64. The highest BCUT2D eigenvalue weighted by atomic mass is 32.4. The largest absolute Gasteiger partial charge is 0.346 e. The van der Waals surface area contributed by atoms with Crippen LogP contribution in [-0.4, -0.2) is 40.8 Å². The second-order valence-corrected chi connectivity index (χ2v) is 14.5. The van der Waals surface area contributed by atoms with E-state index in [9.17, 15) is 0 Å². The minimum Gasteiger partial charge on any atom is -0.346 e. The molecule has 1 saturated heterocycles. The third-order valence-corrected chi connectivity index (χ3v) is 12.9. The topological polar surface area (TPSA) is 36.7 Å². The number of para-hydroxylation sites is 2. The number of likely N-dealkylation sites (N-methyl/N-ethyl adjacent to an activating group) is 1. The third kappa shape index (κ3) is 3.27. The number of aliphatic imine (C=N–C) groups is 1. The van der Waals surface area contributed by atoms with Crippen molar-refractivity contribution in [3.63, 3.8) is 0 Å². The van der Waals surface area contributed by atoms with Crippen LogP contribution in [0.25, 0.3) is 5.69 Å². The van der Waals surface area contributed by atoms with Crippen molar-refractivity contribution in [2.45, 2.75) is 45.4 Å². The van der Waals surface area contributed by atoms with Crippen LogP contribution in [0.15, 0.2) is 70.6 Å². The van der Waals surface area contributed by atoms with Crippen molar-refractivity contribution in [3.8, 4) is 5.69 Å². The first-order valence-corrected chi connectivity index (χ1v) is 15.2. The summed E-state index contributed by atoms with van der Waals surface area (Å²) in [5.41, 5.74) is 5.76. The molecule has 1 atom stereocenters. The van der Waals surface area contributed by atoms with Gasteiger partial charge in [0.25, 0.3) is 0 Å². The molecule has 7 heteroatoms. The normalized spacial score (nSPS) is 25.5. The van der Waals surface area contributed by atoms with Crippen molar-refractivity contribution >= 4 is 41.0 Å². The molecule has 3 aromatic rings. The van der Waals surface area contributed by atoms with E-state index in [0.717, 1.165) is 30.3 Å². The zero-order valence-corrected chi connectivity index (χ0v) is 22.6. The smallest absolute Gasteiger partial charge is 0.165 e. The monoisotopic (exact) mass is 501 g/mol. The molecule has 180 valence electrons. The van der Waals surface area contributed by atoms with Crippen molar-refractivity contribution in [1.82, 2.24) is 14.5 Å². The van der Waals surface area contributed by atoms with Crippen LogP contribution in [0.5, 0.6) is 0 Å². The zero-order valence-electron chi connectivity index (χ0n) is 20.9. The molecule has 4 heterocycles. The number of benzene rings is 2. The maximum Gasteiger partial charge on any atom is 0.165 e. The average Bonchev–Trinajstić information content (AvgIpc) is 3.32. The summed E-state index contributed by atoms with van der Waals surface area (Å²) in [5, 5.41) is 7.40. The van der Waals surface area contributed by atoms with Gasteiger partial charge in [-0.3, -0.25) is 4.67 Å². The standard InChI is InChI=1S/C28H32N5PS/c1-20-25-27(33(30-20)21-13-7-5-8-14-21)29-19-24(34(25,35)32-17-11-6-12-18-32)26-28(2,3)22-15-9-10-16-23(22)31(26)4/h5,7-10,13-16,19H,6,11-12,17-18H2,1-4H3. The first-order valence-electron chi connectivity index (χ1n) is 12.5. The van der Waals surface area contributed by atoms with E-state index in [0.29, 0.717) is 0 Å². The van der Waals surface area contributed by atoms with Gasteiger partial charge in [-0.2, -0.15) is 5.10 Å². The summed E-state index contributed by atoms with van der Waals surface area (Å²) < 4.78 is 4.61. The predicted octanol–water partition coefficient (Wildman–Crippen LogP) is 6.04. The van der Waals surface area contributed by atoms with Gasteiger partial charge in [0.05, 0.1) is 22.9 Å². The molecule has 1 unspecified atom stereocenters. The highest BCUT2D eigenvalue weighted by Crippen LogP contribution is 2.64. The van der Waals surface area contributed by atoms with Crippen LogP contribution < -0.4 is 10.2 Å². The SMILES string of the molecule is Cc1nn(-c2ccccc2)c2c1P(=S)(N1CCCCC1)C(=C1N(C)c3ccccc3C1(C)C)C=N2. The first-order chi connectivity index (χ1) is 16.8. The highest BCUT2D eigenvalue weighted by Gasteiger charge is 2.47. The second kappa shape index (κ2) is 8.26. The van der Waals surface area contributed by atoms with E-state index in [2.05, 4.69) is 80.0 Å². The molecule has 2 aromatic carbocycles. The van der Waals surface area contributed by atoms with Crippen LogP contribution in [0.4, 0.5) is 11.5 Å². The second-order valence-electron chi connectivity index (χ2n) is 10.3. The van der Waals surface area contributed by atoms with E-state index in [1.54, 1.807) is 0 Å². The maximum absolute atomic E-state index is 6.91. The molecule has 0 aliphatic carbocycles. The summed E-state index contributed by atoms with van der Waals surface area (Å²) in [6.07, 6.45) is 3.41. The maximum atomic E-state index is 6.91. The Morgan fingerprint density at radius 1 is 0.943 bits per heavy atom. The zero-order chi connectivity index (χ0) is 24.4. The van der Waals surface area contributed by atoms with Crippen molar-refractivity contribution in [2.24, 2.45) is 4.99 Å². The number of aromatic nitrogens is 2. The molecule has 3 aliphatic rings. The van der Waals surface area contributed by atoms with E-state index in [-0.39, 0.29) is 5.41 Å². The molecule has 0 N–H and O–H groups in total. The van der Waals surface area contributed by atoms with Gasteiger partial charge in [0, 0.05) is 48.5 Å². The van der Waals surface area contributed by atoms with Gasteiger partial charge in [0.2, 0.25) is 0 Å². The van der Waals surface area contributed by atoms with Gasteiger partial charge in [-0.25, -0.2) is 9.67 Å². The summed E-state index contributed by atoms with van der Waals surface area (Å²) in [5.74, 6) is 0.905. The lowest BCUT2D eigenvalue weighted by Crippen LogP contribution is -2.36. The molecule has 0 amide bonds. The van der Waals surface area contributed by atoms with E-state index < -0.39 is 6.19 Å². The Kier molecular flexibility index (Phi) is 5.41. The molecule has 0 saturated carbocycles. The molecule has 0 bridgehead atoms. The molecule has 0 spiro atoms. The lowest BCUT2D eigenvalue weighted by molar-refractivity contribution is 0.372. The average molecular weight is 502 g/mol. The number of rotatable bonds is 2. The van der Waals surface area contributed by atoms with E-state index >= 15 is 0 Å². The Morgan fingerprint density at radius 2 is 1.63 bits per heavy atom. The molecule has 5 nitrogen and oxygen atoms in total. The minimum absolute atomic E-state index is 0.159. The summed E-state index contributed by atoms with van der Waals surface area (Å²) in [6.45, 7) is 8.85. The number of piperidine rings is 1. The van der Waals surface area contributed by atoms with Gasteiger partial charge in [0.15, 0.2) is 5.82 Å². The molecular formula is C28H32N5PS. The minimum atomic E-state index is -2.35. The van der Waals surface area contributed by atoms with Gasteiger partial charge in [-0.1, -0.05) is 68.5 Å². The number of allylic oxidation sites excluding steroid dienone is 2. The van der Waals surface area contributed by atoms with Crippen molar-refractivity contribution in [1.29, 1.82) is 0 Å². The van der Waals surface area contributed by atoms with Gasteiger partial charge < -0.3 is 4.90 Å². The number of hydrogen-bond donors (Lipinski definition) is 0. The van der Waals surface area contributed by atoms with Crippen molar-refractivity contribution in [2.75, 3.05) is 25.0 Å². The van der Waals surface area contributed by atoms with Gasteiger partial charge in [0.1, 0.15) is 0 Å². The Morgan fingerprint density at radius 3 is 2.34 bits per heavy atom. The van der Waals surface area contributed by atoms with Crippen LogP contribution in [-0.2, 0) is 17.2 Å². The van der Waals surface area contributed by atoms with E-state index in [1.807, 2.05) is 22.9 Å². The fourth-order valence-corrected chi connectivity index (χ4v) is 11.2. The Bertz CT molecular complexity index is 1410. The van der Waals surface area contributed by atoms with Gasteiger partial charge in [-0.05, 0) is 43.5 Å². The summed E-state index contributed by atoms with van der Waals surface area (Å²) in [4.78, 5) is 7.46. The number of hydrogen-bond acceptors (Lipinski definition) is 4. The number of nitrogens with zero attached hydrogens (tertiary/aromatic N) is 5.